The smallest absolute Gasteiger partial charge is 0.207 e. The predicted octanol–water partition coefficient (Wildman–Crippen LogP) is 2.48. The van der Waals surface area contributed by atoms with Gasteiger partial charge in [-0.1, -0.05) is 19.1 Å². The number of rotatable bonds is 2. The Kier molecular flexibility index (Phi) is 3.37. The van der Waals surface area contributed by atoms with Crippen LogP contribution in [0, 0.1) is 5.92 Å². The van der Waals surface area contributed by atoms with E-state index in [-0.39, 0.29) is 0 Å². The summed E-state index contributed by atoms with van der Waals surface area (Å²) in [7, 11) is -3.32. The highest BCUT2D eigenvalue weighted by Crippen LogP contribution is 2.28. The fourth-order valence-electron chi connectivity index (χ4n) is 1.91. The first-order valence-corrected chi connectivity index (χ1v) is 7.50. The van der Waals surface area contributed by atoms with Gasteiger partial charge in [-0.05, 0) is 40.4 Å². The molecule has 0 saturated carbocycles. The molecular formula is C11H14BrNO2S. The number of hydrogen-bond donors (Lipinski definition) is 0. The van der Waals surface area contributed by atoms with Crippen molar-refractivity contribution < 1.29 is 8.42 Å². The molecule has 0 unspecified atom stereocenters. The van der Waals surface area contributed by atoms with Gasteiger partial charge in [0.25, 0.3) is 0 Å². The zero-order valence-electron chi connectivity index (χ0n) is 9.06. The second-order valence-electron chi connectivity index (χ2n) is 4.19. The standard InChI is InChI=1S/C11H14BrNO2S/c1-9-6-7-13(8-9)16(14,15)11-5-3-2-4-10(11)12/h2-5,9H,6-8H2,1H3/t9-/m1/s1. The molecule has 0 spiro atoms. The Morgan fingerprint density at radius 1 is 1.38 bits per heavy atom. The second-order valence-corrected chi connectivity index (χ2v) is 6.95. The van der Waals surface area contributed by atoms with Crippen LogP contribution >= 0.6 is 15.9 Å². The maximum Gasteiger partial charge on any atom is 0.244 e. The monoisotopic (exact) mass is 303 g/mol. The summed E-state index contributed by atoms with van der Waals surface area (Å²) in [6.45, 7) is 3.34. The molecule has 0 amide bonds. The van der Waals surface area contributed by atoms with E-state index in [1.165, 1.54) is 0 Å². The van der Waals surface area contributed by atoms with Gasteiger partial charge in [0.15, 0.2) is 0 Å². The van der Waals surface area contributed by atoms with Gasteiger partial charge >= 0.3 is 0 Å². The molecule has 1 atom stereocenters. The van der Waals surface area contributed by atoms with Crippen molar-refractivity contribution in [3.63, 3.8) is 0 Å². The van der Waals surface area contributed by atoms with E-state index >= 15 is 0 Å². The normalized spacial score (nSPS) is 22.5. The van der Waals surface area contributed by atoms with E-state index in [9.17, 15) is 8.42 Å². The highest BCUT2D eigenvalue weighted by molar-refractivity contribution is 9.10. The summed E-state index contributed by atoms with van der Waals surface area (Å²) >= 11 is 3.29. The van der Waals surface area contributed by atoms with Crippen LogP contribution in [0.2, 0.25) is 0 Å². The number of sulfonamides is 1. The quantitative estimate of drug-likeness (QED) is 0.842. The molecule has 0 bridgehead atoms. The Hall–Kier alpha value is -0.390. The molecule has 3 nitrogen and oxygen atoms in total. The fourth-order valence-corrected chi connectivity index (χ4v) is 4.44. The molecule has 2 rings (SSSR count). The summed E-state index contributed by atoms with van der Waals surface area (Å²) in [5, 5.41) is 0. The van der Waals surface area contributed by atoms with Crippen LogP contribution in [-0.4, -0.2) is 25.8 Å². The van der Waals surface area contributed by atoms with E-state index in [1.54, 1.807) is 22.5 Å². The molecule has 0 aliphatic carbocycles. The van der Waals surface area contributed by atoms with Crippen molar-refractivity contribution in [3.8, 4) is 0 Å². The van der Waals surface area contributed by atoms with E-state index in [0.717, 1.165) is 6.42 Å². The van der Waals surface area contributed by atoms with Crippen molar-refractivity contribution in [2.24, 2.45) is 5.92 Å². The van der Waals surface area contributed by atoms with Crippen LogP contribution in [0.25, 0.3) is 0 Å². The van der Waals surface area contributed by atoms with Gasteiger partial charge in [0.05, 0.1) is 4.90 Å². The summed E-state index contributed by atoms with van der Waals surface area (Å²) in [4.78, 5) is 0.365. The van der Waals surface area contributed by atoms with Crippen LogP contribution in [0.15, 0.2) is 33.6 Å². The molecule has 16 heavy (non-hydrogen) atoms. The summed E-state index contributed by atoms with van der Waals surface area (Å²) in [6.07, 6.45) is 0.948. The van der Waals surface area contributed by atoms with Crippen LogP contribution < -0.4 is 0 Å². The van der Waals surface area contributed by atoms with Crippen LogP contribution in [0.4, 0.5) is 0 Å². The molecule has 0 aromatic heterocycles. The molecule has 88 valence electrons. The van der Waals surface area contributed by atoms with Crippen molar-refractivity contribution in [2.75, 3.05) is 13.1 Å². The highest BCUT2D eigenvalue weighted by Gasteiger charge is 2.31. The maximum absolute atomic E-state index is 12.3. The SMILES string of the molecule is C[C@@H]1CCN(S(=O)(=O)c2ccccc2Br)C1. The van der Waals surface area contributed by atoms with Crippen LogP contribution in [0.5, 0.6) is 0 Å². The van der Waals surface area contributed by atoms with Crippen molar-refractivity contribution in [2.45, 2.75) is 18.2 Å². The van der Waals surface area contributed by atoms with Gasteiger partial charge in [-0.3, -0.25) is 0 Å². The van der Waals surface area contributed by atoms with E-state index < -0.39 is 10.0 Å². The van der Waals surface area contributed by atoms with Gasteiger partial charge in [-0.25, -0.2) is 8.42 Å². The van der Waals surface area contributed by atoms with E-state index in [0.29, 0.717) is 28.4 Å². The topological polar surface area (TPSA) is 37.4 Å². The lowest BCUT2D eigenvalue weighted by Gasteiger charge is -2.16. The lowest BCUT2D eigenvalue weighted by molar-refractivity contribution is 0.464. The Labute approximate surface area is 105 Å². The predicted molar refractivity (Wildman–Crippen MR) is 66.7 cm³/mol. The molecule has 1 heterocycles. The van der Waals surface area contributed by atoms with Crippen molar-refractivity contribution in [1.29, 1.82) is 0 Å². The second kappa shape index (κ2) is 4.47. The summed E-state index contributed by atoms with van der Waals surface area (Å²) in [6, 6.07) is 6.96. The van der Waals surface area contributed by atoms with Gasteiger partial charge in [-0.2, -0.15) is 4.31 Å². The first kappa shape index (κ1) is 12.1. The number of hydrogen-bond acceptors (Lipinski definition) is 2. The van der Waals surface area contributed by atoms with Gasteiger partial charge in [0, 0.05) is 17.6 Å². The molecule has 1 fully saturated rings. The molecule has 1 aliphatic heterocycles. The first-order chi connectivity index (χ1) is 7.51. The number of halogens is 1. The molecule has 1 aromatic rings. The van der Waals surface area contributed by atoms with E-state index in [4.69, 9.17) is 0 Å². The molecule has 5 heteroatoms. The summed E-state index contributed by atoms with van der Waals surface area (Å²) in [5.41, 5.74) is 0. The molecule has 0 N–H and O–H groups in total. The van der Waals surface area contributed by atoms with Crippen molar-refractivity contribution in [1.82, 2.24) is 4.31 Å². The highest BCUT2D eigenvalue weighted by atomic mass is 79.9. The zero-order chi connectivity index (χ0) is 11.8. The molecule has 0 radical (unpaired) electrons. The molecule has 1 aromatic carbocycles. The zero-order valence-corrected chi connectivity index (χ0v) is 11.5. The third kappa shape index (κ3) is 2.17. The van der Waals surface area contributed by atoms with Crippen LogP contribution in [0.3, 0.4) is 0 Å². The van der Waals surface area contributed by atoms with Crippen LogP contribution in [0.1, 0.15) is 13.3 Å². The van der Waals surface area contributed by atoms with Gasteiger partial charge in [0.2, 0.25) is 10.0 Å². The van der Waals surface area contributed by atoms with Gasteiger partial charge in [-0.15, -0.1) is 0 Å². The fraction of sp³-hybridized carbons (Fsp3) is 0.455. The molecular weight excluding hydrogens is 290 g/mol. The van der Waals surface area contributed by atoms with Gasteiger partial charge < -0.3 is 0 Å². The largest absolute Gasteiger partial charge is 0.244 e. The van der Waals surface area contributed by atoms with Gasteiger partial charge in [0.1, 0.15) is 0 Å². The minimum Gasteiger partial charge on any atom is -0.207 e. The number of benzene rings is 1. The van der Waals surface area contributed by atoms with Crippen molar-refractivity contribution >= 4 is 26.0 Å². The number of nitrogens with zero attached hydrogens (tertiary/aromatic N) is 1. The molecule has 1 saturated heterocycles. The third-order valence-corrected chi connectivity index (χ3v) is 5.72. The summed E-state index contributed by atoms with van der Waals surface area (Å²) in [5.74, 6) is 0.456. The third-order valence-electron chi connectivity index (χ3n) is 2.84. The average Bonchev–Trinajstić information content (AvgIpc) is 2.66. The van der Waals surface area contributed by atoms with Crippen LogP contribution in [-0.2, 0) is 10.0 Å². The summed E-state index contributed by atoms with van der Waals surface area (Å²) < 4.78 is 26.8. The lowest BCUT2D eigenvalue weighted by atomic mass is 10.2. The molecule has 1 aliphatic rings. The Morgan fingerprint density at radius 3 is 2.62 bits per heavy atom. The Bertz CT molecular complexity index is 487. The lowest BCUT2D eigenvalue weighted by Crippen LogP contribution is -2.28. The maximum atomic E-state index is 12.3. The minimum absolute atomic E-state index is 0.365. The van der Waals surface area contributed by atoms with Crippen molar-refractivity contribution in [3.05, 3.63) is 28.7 Å². The first-order valence-electron chi connectivity index (χ1n) is 5.26. The Balaban J connectivity index is 2.36. The average molecular weight is 304 g/mol. The van der Waals surface area contributed by atoms with E-state index in [1.807, 2.05) is 6.07 Å². The Morgan fingerprint density at radius 2 is 2.06 bits per heavy atom. The minimum atomic E-state index is -3.32. The van der Waals surface area contributed by atoms with E-state index in [2.05, 4.69) is 22.9 Å².